The van der Waals surface area contributed by atoms with Crippen LogP contribution in [0.15, 0.2) is 48.5 Å². The molecule has 0 spiro atoms. The molecule has 0 heterocycles. The molecule has 0 aliphatic heterocycles. The standard InChI is InChI=1S/C24H32N2O4/c1-6-26(7-2)21(19-9-8-10-20(16-19)28-3)17-25-24(27)14-12-18-11-13-22(29-4)23(15-18)30-5/h8-16,21H,6-7,17H2,1-5H3,(H,25,27)/b14-12+. The predicted molar refractivity (Wildman–Crippen MR) is 120 cm³/mol. The van der Waals surface area contributed by atoms with Crippen LogP contribution in [0.25, 0.3) is 6.08 Å². The van der Waals surface area contributed by atoms with Crippen LogP contribution in [0, 0.1) is 0 Å². The molecule has 2 aromatic carbocycles. The number of amides is 1. The van der Waals surface area contributed by atoms with Gasteiger partial charge in [-0.3, -0.25) is 9.69 Å². The highest BCUT2D eigenvalue weighted by molar-refractivity contribution is 5.91. The molecule has 2 aromatic rings. The lowest BCUT2D eigenvalue weighted by molar-refractivity contribution is -0.116. The summed E-state index contributed by atoms with van der Waals surface area (Å²) in [6.07, 6.45) is 3.29. The van der Waals surface area contributed by atoms with Crippen LogP contribution >= 0.6 is 0 Å². The lowest BCUT2D eigenvalue weighted by atomic mass is 10.0. The number of ether oxygens (including phenoxy) is 3. The van der Waals surface area contributed by atoms with Gasteiger partial charge in [0, 0.05) is 12.6 Å². The highest BCUT2D eigenvalue weighted by atomic mass is 16.5. The van der Waals surface area contributed by atoms with E-state index in [0.717, 1.165) is 30.0 Å². The summed E-state index contributed by atoms with van der Waals surface area (Å²) in [5.74, 6) is 1.94. The number of methoxy groups -OCH3 is 3. The normalized spacial score (nSPS) is 12.1. The minimum absolute atomic E-state index is 0.0635. The number of carbonyl (C=O) groups excluding carboxylic acids is 1. The van der Waals surface area contributed by atoms with Crippen molar-refractivity contribution < 1.29 is 19.0 Å². The monoisotopic (exact) mass is 412 g/mol. The summed E-state index contributed by atoms with van der Waals surface area (Å²) in [6.45, 7) is 6.51. The smallest absolute Gasteiger partial charge is 0.244 e. The van der Waals surface area contributed by atoms with Crippen LogP contribution in [0.5, 0.6) is 17.2 Å². The fraction of sp³-hybridized carbons (Fsp3) is 0.375. The van der Waals surface area contributed by atoms with E-state index in [-0.39, 0.29) is 11.9 Å². The number of rotatable bonds is 11. The Hall–Kier alpha value is -2.99. The maximum absolute atomic E-state index is 12.5. The van der Waals surface area contributed by atoms with Crippen molar-refractivity contribution in [3.05, 3.63) is 59.7 Å². The molecule has 0 aliphatic rings. The maximum Gasteiger partial charge on any atom is 0.244 e. The van der Waals surface area contributed by atoms with E-state index in [0.29, 0.717) is 18.0 Å². The van der Waals surface area contributed by atoms with Crippen LogP contribution in [0.2, 0.25) is 0 Å². The molecule has 0 aromatic heterocycles. The summed E-state index contributed by atoms with van der Waals surface area (Å²) in [7, 11) is 4.84. The summed E-state index contributed by atoms with van der Waals surface area (Å²) < 4.78 is 15.9. The summed E-state index contributed by atoms with van der Waals surface area (Å²) in [4.78, 5) is 14.8. The Balaban J connectivity index is 2.09. The van der Waals surface area contributed by atoms with Crippen LogP contribution in [0.4, 0.5) is 0 Å². The SMILES string of the molecule is CCN(CC)C(CNC(=O)/C=C/c1ccc(OC)c(OC)c1)c1cccc(OC)c1. The quantitative estimate of drug-likeness (QED) is 0.567. The Morgan fingerprint density at radius 2 is 1.73 bits per heavy atom. The van der Waals surface area contributed by atoms with Gasteiger partial charge in [0.15, 0.2) is 11.5 Å². The summed E-state index contributed by atoms with van der Waals surface area (Å²) in [5.41, 5.74) is 1.97. The molecule has 0 fully saturated rings. The first-order chi connectivity index (χ1) is 14.6. The third-order valence-corrected chi connectivity index (χ3v) is 5.04. The van der Waals surface area contributed by atoms with E-state index in [4.69, 9.17) is 14.2 Å². The predicted octanol–water partition coefficient (Wildman–Crippen LogP) is 3.92. The molecule has 0 aliphatic carbocycles. The van der Waals surface area contributed by atoms with Gasteiger partial charge in [0.2, 0.25) is 5.91 Å². The topological polar surface area (TPSA) is 60.0 Å². The number of hydrogen-bond acceptors (Lipinski definition) is 5. The van der Waals surface area contributed by atoms with E-state index in [1.54, 1.807) is 27.4 Å². The number of carbonyl (C=O) groups is 1. The number of benzene rings is 2. The van der Waals surface area contributed by atoms with E-state index in [1.807, 2.05) is 36.4 Å². The van der Waals surface area contributed by atoms with Gasteiger partial charge in [0.05, 0.1) is 27.4 Å². The first-order valence-electron chi connectivity index (χ1n) is 10.1. The third-order valence-electron chi connectivity index (χ3n) is 5.04. The second-order valence-corrected chi connectivity index (χ2v) is 6.71. The molecular formula is C24H32N2O4. The van der Waals surface area contributed by atoms with E-state index in [9.17, 15) is 4.79 Å². The second kappa shape index (κ2) is 11.9. The maximum atomic E-state index is 12.5. The average molecular weight is 413 g/mol. The van der Waals surface area contributed by atoms with Crippen molar-refractivity contribution in [3.63, 3.8) is 0 Å². The van der Waals surface area contributed by atoms with Crippen molar-refractivity contribution in [1.29, 1.82) is 0 Å². The third kappa shape index (κ3) is 6.26. The van der Waals surface area contributed by atoms with Gasteiger partial charge in [-0.2, -0.15) is 0 Å². The fourth-order valence-corrected chi connectivity index (χ4v) is 3.36. The van der Waals surface area contributed by atoms with E-state index < -0.39 is 0 Å². The molecule has 30 heavy (non-hydrogen) atoms. The van der Waals surface area contributed by atoms with E-state index >= 15 is 0 Å². The lowest BCUT2D eigenvalue weighted by Gasteiger charge is -2.30. The molecule has 1 amide bonds. The Bertz CT molecular complexity index is 847. The highest BCUT2D eigenvalue weighted by Gasteiger charge is 2.19. The van der Waals surface area contributed by atoms with Gasteiger partial charge in [-0.1, -0.05) is 32.0 Å². The zero-order valence-electron chi connectivity index (χ0n) is 18.5. The highest BCUT2D eigenvalue weighted by Crippen LogP contribution is 2.28. The second-order valence-electron chi connectivity index (χ2n) is 6.71. The van der Waals surface area contributed by atoms with Crippen LogP contribution in [0.3, 0.4) is 0 Å². The Kier molecular flexibility index (Phi) is 9.22. The van der Waals surface area contributed by atoms with Crippen LogP contribution in [0.1, 0.15) is 31.0 Å². The molecule has 0 saturated heterocycles. The van der Waals surface area contributed by atoms with Crippen molar-refractivity contribution in [3.8, 4) is 17.2 Å². The average Bonchev–Trinajstić information content (AvgIpc) is 2.80. The Morgan fingerprint density at radius 1 is 1.00 bits per heavy atom. The molecule has 1 N–H and O–H groups in total. The van der Waals surface area contributed by atoms with Crippen molar-refractivity contribution in [2.75, 3.05) is 41.0 Å². The zero-order valence-corrected chi connectivity index (χ0v) is 18.5. The molecule has 162 valence electrons. The minimum Gasteiger partial charge on any atom is -0.497 e. The van der Waals surface area contributed by atoms with Crippen LogP contribution < -0.4 is 19.5 Å². The van der Waals surface area contributed by atoms with Gasteiger partial charge >= 0.3 is 0 Å². The Morgan fingerprint density at radius 3 is 2.37 bits per heavy atom. The van der Waals surface area contributed by atoms with Crippen molar-refractivity contribution in [1.82, 2.24) is 10.2 Å². The largest absolute Gasteiger partial charge is 0.497 e. The molecule has 0 bridgehead atoms. The molecular weight excluding hydrogens is 380 g/mol. The summed E-state index contributed by atoms with van der Waals surface area (Å²) >= 11 is 0. The van der Waals surface area contributed by atoms with Gasteiger partial charge in [-0.05, 0) is 54.6 Å². The number of likely N-dealkylation sites (N-methyl/N-ethyl adjacent to an activating group) is 1. The van der Waals surface area contributed by atoms with Gasteiger partial charge < -0.3 is 19.5 Å². The van der Waals surface area contributed by atoms with Crippen molar-refractivity contribution in [2.24, 2.45) is 0 Å². The van der Waals surface area contributed by atoms with E-state index in [2.05, 4.69) is 30.1 Å². The van der Waals surface area contributed by atoms with Crippen molar-refractivity contribution in [2.45, 2.75) is 19.9 Å². The molecule has 2 rings (SSSR count). The van der Waals surface area contributed by atoms with Gasteiger partial charge in [0.25, 0.3) is 0 Å². The van der Waals surface area contributed by atoms with Gasteiger partial charge in [-0.25, -0.2) is 0 Å². The summed E-state index contributed by atoms with van der Waals surface area (Å²) in [5, 5.41) is 3.03. The molecule has 6 heteroatoms. The minimum atomic E-state index is -0.148. The summed E-state index contributed by atoms with van der Waals surface area (Å²) in [6, 6.07) is 13.6. The number of hydrogen-bond donors (Lipinski definition) is 1. The first-order valence-corrected chi connectivity index (χ1v) is 10.1. The molecule has 1 unspecified atom stereocenters. The van der Waals surface area contributed by atoms with Crippen LogP contribution in [-0.2, 0) is 4.79 Å². The zero-order chi connectivity index (χ0) is 21.9. The molecule has 6 nitrogen and oxygen atoms in total. The molecule has 1 atom stereocenters. The fourth-order valence-electron chi connectivity index (χ4n) is 3.36. The Labute approximate surface area is 179 Å². The molecule has 0 radical (unpaired) electrons. The van der Waals surface area contributed by atoms with E-state index in [1.165, 1.54) is 6.08 Å². The first kappa shape index (κ1) is 23.3. The van der Waals surface area contributed by atoms with Crippen molar-refractivity contribution >= 4 is 12.0 Å². The number of nitrogens with zero attached hydrogens (tertiary/aromatic N) is 1. The van der Waals surface area contributed by atoms with Gasteiger partial charge in [-0.15, -0.1) is 0 Å². The van der Waals surface area contributed by atoms with Gasteiger partial charge in [0.1, 0.15) is 5.75 Å². The van der Waals surface area contributed by atoms with Crippen LogP contribution in [-0.4, -0.2) is 51.8 Å². The molecule has 0 saturated carbocycles. The lowest BCUT2D eigenvalue weighted by Crippen LogP contribution is -2.37. The number of nitrogens with one attached hydrogen (secondary N) is 1.